The fourth-order valence-corrected chi connectivity index (χ4v) is 5.57. The van der Waals surface area contributed by atoms with Crippen molar-refractivity contribution in [3.8, 4) is 17.2 Å². The van der Waals surface area contributed by atoms with Crippen LogP contribution < -0.4 is 13.6 Å². The molecule has 0 spiro atoms. The van der Waals surface area contributed by atoms with Crippen LogP contribution in [-0.2, 0) is 0 Å². The molecule has 0 saturated carbocycles. The Kier molecular flexibility index (Phi) is 6.19. The second kappa shape index (κ2) is 8.47. The molecule has 0 atom stereocenters. The minimum atomic E-state index is -3.31. The topological polar surface area (TPSA) is 27.7 Å². The van der Waals surface area contributed by atoms with Crippen LogP contribution in [0.5, 0.6) is 17.2 Å². The summed E-state index contributed by atoms with van der Waals surface area (Å²) in [6.45, 7) is 12.5. The SMILES string of the molecule is Cc1ccccc1O[PH](Oc1ccccc1C)(Oc1ccccc1C)C(C)(C)C. The van der Waals surface area contributed by atoms with Crippen LogP contribution in [0.4, 0.5) is 0 Å². The number of para-hydroxylation sites is 3. The van der Waals surface area contributed by atoms with E-state index >= 15 is 0 Å². The first-order valence-electron chi connectivity index (χ1n) is 9.96. The predicted molar refractivity (Wildman–Crippen MR) is 123 cm³/mol. The molecular weight excluding hydrogens is 379 g/mol. The Balaban J connectivity index is 2.14. The third-order valence-corrected chi connectivity index (χ3v) is 8.24. The van der Waals surface area contributed by atoms with Crippen molar-refractivity contribution in [2.75, 3.05) is 0 Å². The van der Waals surface area contributed by atoms with Crippen LogP contribution in [0.15, 0.2) is 72.8 Å². The first kappa shape index (κ1) is 21.2. The van der Waals surface area contributed by atoms with Gasteiger partial charge in [0.15, 0.2) is 0 Å². The van der Waals surface area contributed by atoms with E-state index in [4.69, 9.17) is 13.6 Å². The van der Waals surface area contributed by atoms with Gasteiger partial charge in [0.25, 0.3) is 0 Å². The Hall–Kier alpha value is -2.51. The Morgan fingerprint density at radius 2 is 0.793 bits per heavy atom. The second-order valence-corrected chi connectivity index (χ2v) is 11.6. The summed E-state index contributed by atoms with van der Waals surface area (Å²) in [5.74, 6) is 2.36. The van der Waals surface area contributed by atoms with Gasteiger partial charge in [0.1, 0.15) is 0 Å². The van der Waals surface area contributed by atoms with E-state index in [1.54, 1.807) is 0 Å². The third kappa shape index (κ3) is 4.74. The van der Waals surface area contributed by atoms with Crippen LogP contribution in [0.1, 0.15) is 37.5 Å². The molecule has 0 unspecified atom stereocenters. The number of rotatable bonds is 6. The summed E-state index contributed by atoms with van der Waals surface area (Å²) in [6, 6.07) is 24.0. The van der Waals surface area contributed by atoms with Gasteiger partial charge in [-0.2, -0.15) is 0 Å². The van der Waals surface area contributed by atoms with Crippen molar-refractivity contribution >= 4 is 7.94 Å². The Morgan fingerprint density at radius 3 is 1.03 bits per heavy atom. The maximum atomic E-state index is 6.71. The summed E-state index contributed by atoms with van der Waals surface area (Å²) < 4.78 is 20.1. The van der Waals surface area contributed by atoms with E-state index in [9.17, 15) is 0 Å². The van der Waals surface area contributed by atoms with Crippen LogP contribution in [0.25, 0.3) is 0 Å². The molecule has 4 heteroatoms. The van der Waals surface area contributed by atoms with Crippen molar-refractivity contribution in [1.29, 1.82) is 0 Å². The monoisotopic (exact) mass is 410 g/mol. The Bertz CT molecular complexity index is 860. The van der Waals surface area contributed by atoms with Crippen molar-refractivity contribution in [2.24, 2.45) is 0 Å². The fourth-order valence-electron chi connectivity index (χ4n) is 2.97. The Labute approximate surface area is 175 Å². The molecule has 0 aliphatic rings. The second-order valence-electron chi connectivity index (χ2n) is 8.41. The van der Waals surface area contributed by atoms with Gasteiger partial charge in [0, 0.05) is 0 Å². The first-order chi connectivity index (χ1) is 13.7. The maximum absolute atomic E-state index is 6.71. The Morgan fingerprint density at radius 1 is 0.517 bits per heavy atom. The van der Waals surface area contributed by atoms with Crippen molar-refractivity contribution in [3.05, 3.63) is 89.5 Å². The van der Waals surface area contributed by atoms with E-state index in [0.29, 0.717) is 0 Å². The summed E-state index contributed by atoms with van der Waals surface area (Å²) in [7, 11) is -3.31. The number of hydrogen-bond acceptors (Lipinski definition) is 3. The van der Waals surface area contributed by atoms with E-state index in [-0.39, 0.29) is 5.16 Å². The van der Waals surface area contributed by atoms with E-state index < -0.39 is 7.94 Å². The van der Waals surface area contributed by atoms with Crippen LogP contribution in [0.3, 0.4) is 0 Å². The van der Waals surface area contributed by atoms with Crippen LogP contribution in [0.2, 0.25) is 0 Å². The molecule has 0 N–H and O–H groups in total. The molecule has 29 heavy (non-hydrogen) atoms. The van der Waals surface area contributed by atoms with Gasteiger partial charge in [0.2, 0.25) is 0 Å². The van der Waals surface area contributed by atoms with Crippen molar-refractivity contribution in [3.63, 3.8) is 0 Å². The van der Waals surface area contributed by atoms with Gasteiger partial charge in [0.05, 0.1) is 0 Å². The number of benzene rings is 3. The molecular formula is C25H31O3P. The fraction of sp³-hybridized carbons (Fsp3) is 0.280. The quantitative estimate of drug-likeness (QED) is 0.395. The van der Waals surface area contributed by atoms with Crippen molar-refractivity contribution < 1.29 is 13.6 Å². The number of aryl methyl sites for hydroxylation is 3. The molecule has 154 valence electrons. The average Bonchev–Trinajstić information content (AvgIpc) is 2.66. The molecule has 3 nitrogen and oxygen atoms in total. The molecule has 0 fully saturated rings. The summed E-state index contributed by atoms with van der Waals surface area (Å²) in [4.78, 5) is 0. The molecule has 0 aliphatic heterocycles. The van der Waals surface area contributed by atoms with E-state index in [0.717, 1.165) is 33.9 Å². The number of hydrogen-bond donors (Lipinski definition) is 0. The molecule has 0 radical (unpaired) electrons. The van der Waals surface area contributed by atoms with Crippen LogP contribution in [0, 0.1) is 20.8 Å². The van der Waals surface area contributed by atoms with E-state index in [1.165, 1.54) is 0 Å². The molecule has 3 rings (SSSR count). The molecule has 0 aromatic heterocycles. The molecule has 3 aromatic rings. The predicted octanol–water partition coefficient (Wildman–Crippen LogP) is 7.44. The standard InChI is InChI=1S/C25H31O3P/c1-19-13-7-10-16-22(19)26-29(25(4,5)6,27-23-17-11-8-14-20(23)2)28-24-18-12-9-15-21(24)3/h7-18,29H,1-6H3. The van der Waals surface area contributed by atoms with E-state index in [1.807, 2.05) is 93.6 Å². The zero-order chi connectivity index (χ0) is 21.1. The third-order valence-electron chi connectivity index (χ3n) is 4.93. The van der Waals surface area contributed by atoms with Gasteiger partial charge in [-0.25, -0.2) is 0 Å². The summed E-state index contributed by atoms with van der Waals surface area (Å²) in [5, 5.41) is -0.375. The molecule has 0 amide bonds. The summed E-state index contributed by atoms with van der Waals surface area (Å²) in [5.41, 5.74) is 3.15. The van der Waals surface area contributed by atoms with E-state index in [2.05, 4.69) is 20.8 Å². The van der Waals surface area contributed by atoms with Gasteiger partial charge in [-0.3, -0.25) is 0 Å². The zero-order valence-electron chi connectivity index (χ0n) is 18.2. The van der Waals surface area contributed by atoms with Crippen molar-refractivity contribution in [1.82, 2.24) is 0 Å². The molecule has 3 aromatic carbocycles. The van der Waals surface area contributed by atoms with Gasteiger partial charge >= 0.3 is 175 Å². The molecule has 0 heterocycles. The van der Waals surface area contributed by atoms with Gasteiger partial charge in [-0.15, -0.1) is 0 Å². The first-order valence-corrected chi connectivity index (χ1v) is 11.7. The van der Waals surface area contributed by atoms with Gasteiger partial charge in [-0.1, -0.05) is 0 Å². The van der Waals surface area contributed by atoms with Crippen LogP contribution >= 0.6 is 7.94 Å². The minimum absolute atomic E-state index is 0.375. The van der Waals surface area contributed by atoms with Gasteiger partial charge < -0.3 is 0 Å². The summed E-state index contributed by atoms with van der Waals surface area (Å²) in [6.07, 6.45) is 0. The van der Waals surface area contributed by atoms with Gasteiger partial charge in [-0.05, 0) is 0 Å². The molecule has 0 bridgehead atoms. The summed E-state index contributed by atoms with van der Waals surface area (Å²) >= 11 is 0. The van der Waals surface area contributed by atoms with Crippen LogP contribution in [-0.4, -0.2) is 5.16 Å². The van der Waals surface area contributed by atoms with Crippen molar-refractivity contribution in [2.45, 2.75) is 46.7 Å². The normalized spacial score (nSPS) is 12.3. The molecule has 0 saturated heterocycles. The zero-order valence-corrected chi connectivity index (χ0v) is 19.2. The average molecular weight is 410 g/mol. The molecule has 0 aliphatic carbocycles.